The molecule has 0 fully saturated rings. The lowest BCUT2D eigenvalue weighted by Gasteiger charge is -2.06. The van der Waals surface area contributed by atoms with E-state index in [0.29, 0.717) is 13.2 Å². The van der Waals surface area contributed by atoms with Crippen LogP contribution in [-0.4, -0.2) is 28.2 Å². The van der Waals surface area contributed by atoms with Gasteiger partial charge in [0.15, 0.2) is 0 Å². The molecule has 1 rings (SSSR count). The molecule has 0 amide bonds. The van der Waals surface area contributed by atoms with Crippen LogP contribution in [0.4, 0.5) is 5.95 Å². The van der Waals surface area contributed by atoms with Crippen molar-refractivity contribution in [1.82, 2.24) is 15.0 Å². The van der Waals surface area contributed by atoms with Gasteiger partial charge in [-0.3, -0.25) is 0 Å². The van der Waals surface area contributed by atoms with Crippen molar-refractivity contribution in [2.75, 3.05) is 18.9 Å². The molecular formula is C10H18N4O2. The summed E-state index contributed by atoms with van der Waals surface area (Å²) in [6.45, 7) is 5.05. The van der Waals surface area contributed by atoms with E-state index in [0.717, 1.165) is 19.3 Å². The van der Waals surface area contributed by atoms with Crippen LogP contribution < -0.4 is 15.2 Å². The highest BCUT2D eigenvalue weighted by Crippen LogP contribution is 2.11. The molecule has 0 spiro atoms. The molecule has 0 atom stereocenters. The van der Waals surface area contributed by atoms with Gasteiger partial charge in [0.2, 0.25) is 5.95 Å². The van der Waals surface area contributed by atoms with Crippen LogP contribution in [0, 0.1) is 0 Å². The maximum Gasteiger partial charge on any atom is 0.324 e. The Morgan fingerprint density at radius 2 is 1.69 bits per heavy atom. The number of nitrogens with zero attached hydrogens (tertiary/aromatic N) is 3. The topological polar surface area (TPSA) is 83.2 Å². The standard InChI is InChI=1S/C10H18N4O2/c1-3-5-6-7-16-10-13-8(11)12-9(14-10)15-4-2/h3-7H2,1-2H3,(H2,11,12,13,14). The monoisotopic (exact) mass is 226 g/mol. The summed E-state index contributed by atoms with van der Waals surface area (Å²) in [6, 6.07) is 0.438. The Morgan fingerprint density at radius 1 is 1.00 bits per heavy atom. The molecule has 0 radical (unpaired) electrons. The second-order valence-electron chi connectivity index (χ2n) is 3.25. The summed E-state index contributed by atoms with van der Waals surface area (Å²) in [6.07, 6.45) is 3.25. The number of aromatic nitrogens is 3. The average Bonchev–Trinajstić information content (AvgIpc) is 2.24. The van der Waals surface area contributed by atoms with Crippen molar-refractivity contribution in [1.29, 1.82) is 0 Å². The van der Waals surface area contributed by atoms with E-state index in [1.54, 1.807) is 0 Å². The van der Waals surface area contributed by atoms with E-state index in [9.17, 15) is 0 Å². The molecule has 0 unspecified atom stereocenters. The Morgan fingerprint density at radius 3 is 2.31 bits per heavy atom. The van der Waals surface area contributed by atoms with E-state index < -0.39 is 0 Å². The third-order valence-corrected chi connectivity index (χ3v) is 1.86. The number of hydrogen-bond acceptors (Lipinski definition) is 6. The zero-order valence-corrected chi connectivity index (χ0v) is 9.77. The van der Waals surface area contributed by atoms with Gasteiger partial charge >= 0.3 is 12.0 Å². The lowest BCUT2D eigenvalue weighted by atomic mass is 10.3. The first-order valence-electron chi connectivity index (χ1n) is 5.53. The lowest BCUT2D eigenvalue weighted by molar-refractivity contribution is 0.264. The minimum Gasteiger partial charge on any atom is -0.464 e. The SMILES string of the molecule is CCCCCOc1nc(N)nc(OCC)n1. The molecular weight excluding hydrogens is 208 g/mol. The number of hydrogen-bond donors (Lipinski definition) is 1. The van der Waals surface area contributed by atoms with E-state index in [2.05, 4.69) is 21.9 Å². The van der Waals surface area contributed by atoms with E-state index in [4.69, 9.17) is 15.2 Å². The smallest absolute Gasteiger partial charge is 0.324 e. The second kappa shape index (κ2) is 6.81. The molecule has 2 N–H and O–H groups in total. The van der Waals surface area contributed by atoms with Crippen LogP contribution in [0.5, 0.6) is 12.0 Å². The van der Waals surface area contributed by atoms with Gasteiger partial charge in [0.05, 0.1) is 13.2 Å². The van der Waals surface area contributed by atoms with Crippen molar-refractivity contribution in [2.45, 2.75) is 33.1 Å². The first kappa shape index (κ1) is 12.5. The maximum atomic E-state index is 5.50. The van der Waals surface area contributed by atoms with E-state index in [1.807, 2.05) is 6.92 Å². The lowest BCUT2D eigenvalue weighted by Crippen LogP contribution is -2.07. The molecule has 0 aromatic carbocycles. The van der Waals surface area contributed by atoms with Crippen LogP contribution >= 0.6 is 0 Å². The third-order valence-electron chi connectivity index (χ3n) is 1.86. The van der Waals surface area contributed by atoms with Crippen LogP contribution in [0.2, 0.25) is 0 Å². The predicted octanol–water partition coefficient (Wildman–Crippen LogP) is 1.42. The van der Waals surface area contributed by atoms with E-state index in [-0.39, 0.29) is 18.0 Å². The first-order valence-corrected chi connectivity index (χ1v) is 5.53. The Kier molecular flexibility index (Phi) is 5.31. The highest BCUT2D eigenvalue weighted by molar-refractivity contribution is 5.20. The molecule has 16 heavy (non-hydrogen) atoms. The fourth-order valence-electron chi connectivity index (χ4n) is 1.13. The molecule has 6 heteroatoms. The normalized spacial score (nSPS) is 10.1. The molecule has 0 bridgehead atoms. The van der Waals surface area contributed by atoms with Crippen molar-refractivity contribution >= 4 is 5.95 Å². The molecule has 1 heterocycles. The van der Waals surface area contributed by atoms with Gasteiger partial charge in [0.25, 0.3) is 0 Å². The number of nitrogen functional groups attached to an aromatic ring is 1. The third kappa shape index (κ3) is 4.29. The van der Waals surface area contributed by atoms with Crippen molar-refractivity contribution in [2.24, 2.45) is 0 Å². The van der Waals surface area contributed by atoms with Gasteiger partial charge < -0.3 is 15.2 Å². The van der Waals surface area contributed by atoms with Gasteiger partial charge in [-0.15, -0.1) is 4.98 Å². The zero-order chi connectivity index (χ0) is 11.8. The Hall–Kier alpha value is -1.59. The fourth-order valence-corrected chi connectivity index (χ4v) is 1.13. The van der Waals surface area contributed by atoms with Gasteiger partial charge in [0.1, 0.15) is 0 Å². The van der Waals surface area contributed by atoms with Crippen LogP contribution in [0.1, 0.15) is 33.1 Å². The summed E-state index contributed by atoms with van der Waals surface area (Å²) in [4.78, 5) is 11.7. The van der Waals surface area contributed by atoms with Crippen LogP contribution in [0.3, 0.4) is 0 Å². The summed E-state index contributed by atoms with van der Waals surface area (Å²) in [5, 5.41) is 0. The van der Waals surface area contributed by atoms with Crippen LogP contribution in [0.15, 0.2) is 0 Å². The van der Waals surface area contributed by atoms with Crippen molar-refractivity contribution in [3.05, 3.63) is 0 Å². The molecule has 90 valence electrons. The Balaban J connectivity index is 2.51. The van der Waals surface area contributed by atoms with Gasteiger partial charge in [-0.2, -0.15) is 9.97 Å². The number of nitrogens with two attached hydrogens (primary N) is 1. The number of unbranched alkanes of at least 4 members (excludes halogenated alkanes) is 2. The van der Waals surface area contributed by atoms with Gasteiger partial charge in [-0.1, -0.05) is 19.8 Å². The number of ether oxygens (including phenoxy) is 2. The Labute approximate surface area is 95.2 Å². The fraction of sp³-hybridized carbons (Fsp3) is 0.700. The molecule has 1 aromatic rings. The van der Waals surface area contributed by atoms with Crippen molar-refractivity contribution in [3.63, 3.8) is 0 Å². The molecule has 0 aliphatic rings. The molecule has 6 nitrogen and oxygen atoms in total. The molecule has 0 aliphatic heterocycles. The second-order valence-corrected chi connectivity index (χ2v) is 3.25. The first-order chi connectivity index (χ1) is 7.76. The highest BCUT2D eigenvalue weighted by Gasteiger charge is 2.05. The molecule has 0 saturated carbocycles. The molecule has 0 saturated heterocycles. The highest BCUT2D eigenvalue weighted by atomic mass is 16.5. The quantitative estimate of drug-likeness (QED) is 0.708. The summed E-state index contributed by atoms with van der Waals surface area (Å²) < 4.78 is 10.5. The van der Waals surface area contributed by atoms with Gasteiger partial charge in [0, 0.05) is 0 Å². The minimum atomic E-state index is 0.115. The number of anilines is 1. The summed E-state index contributed by atoms with van der Waals surface area (Å²) in [7, 11) is 0. The number of rotatable bonds is 7. The van der Waals surface area contributed by atoms with Crippen LogP contribution in [0.25, 0.3) is 0 Å². The van der Waals surface area contributed by atoms with Gasteiger partial charge in [-0.25, -0.2) is 0 Å². The molecule has 0 aliphatic carbocycles. The summed E-state index contributed by atoms with van der Waals surface area (Å²) in [5.74, 6) is 0.115. The average molecular weight is 226 g/mol. The van der Waals surface area contributed by atoms with E-state index in [1.165, 1.54) is 0 Å². The summed E-state index contributed by atoms with van der Waals surface area (Å²) in [5.41, 5.74) is 5.50. The predicted molar refractivity (Wildman–Crippen MR) is 60.4 cm³/mol. The summed E-state index contributed by atoms with van der Waals surface area (Å²) >= 11 is 0. The molecule has 1 aromatic heterocycles. The minimum absolute atomic E-state index is 0.115. The van der Waals surface area contributed by atoms with Crippen molar-refractivity contribution in [3.8, 4) is 12.0 Å². The van der Waals surface area contributed by atoms with Crippen LogP contribution in [-0.2, 0) is 0 Å². The Bertz CT molecular complexity index is 320. The maximum absolute atomic E-state index is 5.50. The largest absolute Gasteiger partial charge is 0.464 e. The van der Waals surface area contributed by atoms with Gasteiger partial charge in [-0.05, 0) is 13.3 Å². The van der Waals surface area contributed by atoms with E-state index >= 15 is 0 Å². The van der Waals surface area contributed by atoms with Crippen molar-refractivity contribution < 1.29 is 9.47 Å². The zero-order valence-electron chi connectivity index (χ0n) is 9.77.